The van der Waals surface area contributed by atoms with Gasteiger partial charge in [-0.2, -0.15) is 0 Å². The van der Waals surface area contributed by atoms with E-state index >= 15 is 0 Å². The Morgan fingerprint density at radius 1 is 1.17 bits per heavy atom. The van der Waals surface area contributed by atoms with Crippen LogP contribution in [0, 0.1) is 0 Å². The van der Waals surface area contributed by atoms with Gasteiger partial charge in [-0.15, -0.1) is 11.3 Å². The highest BCUT2D eigenvalue weighted by Gasteiger charge is 2.43. The number of urea groups is 1. The van der Waals surface area contributed by atoms with Gasteiger partial charge in [0.1, 0.15) is 5.54 Å². The number of thiazole rings is 1. The zero-order chi connectivity index (χ0) is 21.1. The Kier molecular flexibility index (Phi) is 5.69. The standard InChI is InChI=1S/C20H20N6O2S2/c1-20(2)16(27)26(18(28)25-20)11-10-22-17-21-9-8-14(24-17)15-12-23-19(30-15)29-13-6-4-3-5-7-13/h3-9,12H,10-11H2,1-2H3,(H,25,28)(H,21,22,24). The Morgan fingerprint density at radius 3 is 2.70 bits per heavy atom. The molecular formula is C20H20N6O2S2. The number of rotatable bonds is 7. The summed E-state index contributed by atoms with van der Waals surface area (Å²) in [7, 11) is 0. The number of imide groups is 1. The number of nitrogens with one attached hydrogen (secondary N) is 2. The monoisotopic (exact) mass is 440 g/mol. The third kappa shape index (κ3) is 4.44. The van der Waals surface area contributed by atoms with E-state index < -0.39 is 5.54 Å². The second kappa shape index (κ2) is 8.41. The van der Waals surface area contributed by atoms with E-state index in [0.717, 1.165) is 19.8 Å². The molecular weight excluding hydrogens is 420 g/mol. The van der Waals surface area contributed by atoms with Gasteiger partial charge < -0.3 is 10.6 Å². The molecule has 154 valence electrons. The summed E-state index contributed by atoms with van der Waals surface area (Å²) < 4.78 is 0.936. The maximum Gasteiger partial charge on any atom is 0.325 e. The molecule has 4 rings (SSSR count). The van der Waals surface area contributed by atoms with Gasteiger partial charge in [-0.1, -0.05) is 30.0 Å². The molecule has 3 amide bonds. The van der Waals surface area contributed by atoms with Gasteiger partial charge in [0, 0.05) is 30.4 Å². The molecule has 1 saturated heterocycles. The van der Waals surface area contributed by atoms with Crippen molar-refractivity contribution in [2.24, 2.45) is 0 Å². The van der Waals surface area contributed by atoms with Gasteiger partial charge in [0.15, 0.2) is 4.34 Å². The molecule has 0 aliphatic carbocycles. The molecule has 1 aliphatic rings. The van der Waals surface area contributed by atoms with E-state index in [4.69, 9.17) is 0 Å². The number of carbonyl (C=O) groups excluding carboxylic acids is 2. The highest BCUT2D eigenvalue weighted by Crippen LogP contribution is 2.34. The van der Waals surface area contributed by atoms with Crippen LogP contribution in [0.3, 0.4) is 0 Å². The van der Waals surface area contributed by atoms with Gasteiger partial charge in [-0.05, 0) is 32.0 Å². The number of hydrogen-bond donors (Lipinski definition) is 2. The summed E-state index contributed by atoms with van der Waals surface area (Å²) in [5.41, 5.74) is -0.101. The normalized spacial score (nSPS) is 15.3. The zero-order valence-corrected chi connectivity index (χ0v) is 18.1. The molecule has 0 unspecified atom stereocenters. The van der Waals surface area contributed by atoms with Gasteiger partial charge >= 0.3 is 6.03 Å². The minimum absolute atomic E-state index is 0.236. The van der Waals surface area contributed by atoms with Crippen LogP contribution in [0.25, 0.3) is 10.6 Å². The SMILES string of the molecule is CC1(C)NC(=O)N(CCNc2nccc(-c3cnc(Sc4ccccc4)s3)n2)C1=O. The minimum atomic E-state index is -0.866. The van der Waals surface area contributed by atoms with Crippen LogP contribution in [0.5, 0.6) is 0 Å². The Labute approximate surface area is 182 Å². The molecule has 2 aromatic heterocycles. The molecule has 10 heteroatoms. The number of amides is 3. The van der Waals surface area contributed by atoms with Crippen molar-refractivity contribution in [3.8, 4) is 10.6 Å². The molecule has 0 bridgehead atoms. The van der Waals surface area contributed by atoms with Crippen LogP contribution < -0.4 is 10.6 Å². The number of aromatic nitrogens is 3. The molecule has 0 atom stereocenters. The molecule has 2 N–H and O–H groups in total. The van der Waals surface area contributed by atoms with Crippen LogP contribution >= 0.6 is 23.1 Å². The second-order valence-corrected chi connectivity index (χ2v) is 9.46. The van der Waals surface area contributed by atoms with Gasteiger partial charge in [-0.25, -0.2) is 19.7 Å². The Balaban J connectivity index is 1.38. The van der Waals surface area contributed by atoms with Crippen molar-refractivity contribution < 1.29 is 9.59 Å². The summed E-state index contributed by atoms with van der Waals surface area (Å²) in [5.74, 6) is 0.196. The summed E-state index contributed by atoms with van der Waals surface area (Å²) in [6.07, 6.45) is 3.47. The Hall–Kier alpha value is -2.98. The summed E-state index contributed by atoms with van der Waals surface area (Å²) in [4.78, 5) is 40.7. The highest BCUT2D eigenvalue weighted by atomic mass is 32.2. The molecule has 0 saturated carbocycles. The smallest absolute Gasteiger partial charge is 0.325 e. The van der Waals surface area contributed by atoms with Crippen LogP contribution in [0.1, 0.15) is 13.8 Å². The van der Waals surface area contributed by atoms with Crippen LogP contribution in [0.4, 0.5) is 10.7 Å². The first-order valence-corrected chi connectivity index (χ1v) is 11.0. The first-order chi connectivity index (χ1) is 14.4. The lowest BCUT2D eigenvalue weighted by Crippen LogP contribution is -2.40. The number of hydrogen-bond acceptors (Lipinski definition) is 8. The van der Waals surface area contributed by atoms with Crippen molar-refractivity contribution in [2.75, 3.05) is 18.4 Å². The number of carbonyl (C=O) groups is 2. The van der Waals surface area contributed by atoms with E-state index in [-0.39, 0.29) is 18.5 Å². The predicted octanol–water partition coefficient (Wildman–Crippen LogP) is 3.49. The van der Waals surface area contributed by atoms with E-state index in [1.165, 1.54) is 4.90 Å². The van der Waals surface area contributed by atoms with Crippen molar-refractivity contribution in [1.29, 1.82) is 0 Å². The largest absolute Gasteiger partial charge is 0.352 e. The third-order valence-electron chi connectivity index (χ3n) is 4.40. The van der Waals surface area contributed by atoms with Gasteiger partial charge in [-0.3, -0.25) is 9.69 Å². The molecule has 0 spiro atoms. The predicted molar refractivity (Wildman–Crippen MR) is 117 cm³/mol. The summed E-state index contributed by atoms with van der Waals surface area (Å²) in [6.45, 7) is 3.97. The molecule has 3 aromatic rings. The zero-order valence-electron chi connectivity index (χ0n) is 16.5. The molecule has 0 radical (unpaired) electrons. The minimum Gasteiger partial charge on any atom is -0.352 e. The number of nitrogens with zero attached hydrogens (tertiary/aromatic N) is 4. The first kappa shape index (κ1) is 20.3. The lowest BCUT2D eigenvalue weighted by atomic mass is 10.1. The maximum absolute atomic E-state index is 12.2. The van der Waals surface area contributed by atoms with E-state index in [2.05, 4.69) is 25.6 Å². The molecule has 1 aromatic carbocycles. The summed E-state index contributed by atoms with van der Waals surface area (Å²) in [6, 6.07) is 11.5. The molecule has 1 fully saturated rings. The van der Waals surface area contributed by atoms with Crippen molar-refractivity contribution in [1.82, 2.24) is 25.2 Å². The van der Waals surface area contributed by atoms with Crippen LogP contribution in [-0.4, -0.2) is 50.4 Å². The van der Waals surface area contributed by atoms with Crippen molar-refractivity contribution >= 4 is 41.0 Å². The summed E-state index contributed by atoms with van der Waals surface area (Å²) in [5, 5.41) is 5.74. The van der Waals surface area contributed by atoms with Crippen molar-refractivity contribution in [2.45, 2.75) is 28.6 Å². The van der Waals surface area contributed by atoms with Gasteiger partial charge in [0.2, 0.25) is 5.95 Å². The number of benzene rings is 1. The maximum atomic E-state index is 12.2. The van der Waals surface area contributed by atoms with E-state index in [1.807, 2.05) is 36.4 Å². The Bertz CT molecular complexity index is 1070. The highest BCUT2D eigenvalue weighted by molar-refractivity contribution is 8.01. The van der Waals surface area contributed by atoms with E-state index in [0.29, 0.717) is 12.5 Å². The average Bonchev–Trinajstić information content (AvgIpc) is 3.26. The topological polar surface area (TPSA) is 100 Å². The average molecular weight is 441 g/mol. The lowest BCUT2D eigenvalue weighted by Gasteiger charge is -2.16. The molecule has 1 aliphatic heterocycles. The lowest BCUT2D eigenvalue weighted by molar-refractivity contribution is -0.130. The fourth-order valence-electron chi connectivity index (χ4n) is 2.89. The molecule has 8 nitrogen and oxygen atoms in total. The van der Waals surface area contributed by atoms with Gasteiger partial charge in [0.25, 0.3) is 5.91 Å². The number of anilines is 1. The Morgan fingerprint density at radius 2 is 1.97 bits per heavy atom. The fraction of sp³-hybridized carbons (Fsp3) is 0.250. The fourth-order valence-corrected chi connectivity index (χ4v) is 4.84. The van der Waals surface area contributed by atoms with E-state index in [9.17, 15) is 9.59 Å². The molecule has 3 heterocycles. The first-order valence-electron chi connectivity index (χ1n) is 9.32. The van der Waals surface area contributed by atoms with Crippen LogP contribution in [-0.2, 0) is 4.79 Å². The van der Waals surface area contributed by atoms with Gasteiger partial charge in [0.05, 0.1) is 10.6 Å². The molecule has 30 heavy (non-hydrogen) atoms. The second-order valence-electron chi connectivity index (χ2n) is 7.11. The van der Waals surface area contributed by atoms with Crippen LogP contribution in [0.15, 0.2) is 58.0 Å². The quantitative estimate of drug-likeness (QED) is 0.543. The van der Waals surface area contributed by atoms with Crippen molar-refractivity contribution in [3.63, 3.8) is 0 Å². The van der Waals surface area contributed by atoms with E-state index in [1.54, 1.807) is 49.3 Å². The van der Waals surface area contributed by atoms with Crippen molar-refractivity contribution in [3.05, 3.63) is 48.8 Å². The summed E-state index contributed by atoms with van der Waals surface area (Å²) >= 11 is 3.17. The van der Waals surface area contributed by atoms with Crippen LogP contribution in [0.2, 0.25) is 0 Å². The third-order valence-corrected chi connectivity index (χ3v) is 6.51.